The predicted octanol–water partition coefficient (Wildman–Crippen LogP) is 1.45. The molecule has 0 unspecified atom stereocenters. The summed E-state index contributed by atoms with van der Waals surface area (Å²) in [6, 6.07) is 6.96. The second-order valence-corrected chi connectivity index (χ2v) is 6.92. The third-order valence-electron chi connectivity index (χ3n) is 4.65. The largest absolute Gasteiger partial charge is 0.454 e. The van der Waals surface area contributed by atoms with E-state index in [4.69, 9.17) is 16.3 Å². The van der Waals surface area contributed by atoms with E-state index in [2.05, 4.69) is 5.32 Å². The number of fused-ring (bicyclic) bond motifs is 1. The second kappa shape index (κ2) is 8.35. The number of esters is 1. The van der Waals surface area contributed by atoms with E-state index in [0.717, 1.165) is 10.5 Å². The normalized spacial score (nSPS) is 21.1. The number of hydrogen-bond donors (Lipinski definition) is 1. The number of carbonyl (C=O) groups is 4. The lowest BCUT2D eigenvalue weighted by Gasteiger charge is -2.14. The molecule has 27 heavy (non-hydrogen) atoms. The Hall–Kier alpha value is -2.67. The van der Waals surface area contributed by atoms with Gasteiger partial charge in [-0.05, 0) is 30.5 Å². The molecule has 0 aromatic heterocycles. The maximum Gasteiger partial charge on any atom is 0.326 e. The summed E-state index contributed by atoms with van der Waals surface area (Å²) in [6.07, 6.45) is 4.76. The van der Waals surface area contributed by atoms with Gasteiger partial charge in [-0.3, -0.25) is 24.1 Å². The van der Waals surface area contributed by atoms with Crippen molar-refractivity contribution in [3.05, 3.63) is 47.0 Å². The van der Waals surface area contributed by atoms with Crippen LogP contribution in [0.15, 0.2) is 36.4 Å². The fourth-order valence-electron chi connectivity index (χ4n) is 3.20. The van der Waals surface area contributed by atoms with Gasteiger partial charge >= 0.3 is 5.97 Å². The quantitative estimate of drug-likeness (QED) is 0.451. The molecule has 3 amide bonds. The third kappa shape index (κ3) is 4.54. The zero-order valence-corrected chi connectivity index (χ0v) is 15.3. The van der Waals surface area contributed by atoms with Crippen LogP contribution < -0.4 is 5.32 Å². The van der Waals surface area contributed by atoms with Gasteiger partial charge in [0.25, 0.3) is 5.91 Å². The Bertz CT molecular complexity index is 764. The van der Waals surface area contributed by atoms with Gasteiger partial charge in [0.2, 0.25) is 11.8 Å². The second-order valence-electron chi connectivity index (χ2n) is 6.48. The first-order valence-electron chi connectivity index (χ1n) is 8.62. The number of ether oxygens (including phenoxy) is 1. The lowest BCUT2D eigenvalue weighted by Crippen LogP contribution is -2.38. The Morgan fingerprint density at radius 1 is 1.07 bits per heavy atom. The molecule has 0 spiro atoms. The highest BCUT2D eigenvalue weighted by molar-refractivity contribution is 6.30. The van der Waals surface area contributed by atoms with Crippen LogP contribution in [0.5, 0.6) is 0 Å². The van der Waals surface area contributed by atoms with Crippen molar-refractivity contribution in [2.24, 2.45) is 11.8 Å². The van der Waals surface area contributed by atoms with E-state index < -0.39 is 36.9 Å². The Labute approximate surface area is 161 Å². The fraction of sp³-hybridized carbons (Fsp3) is 0.368. The summed E-state index contributed by atoms with van der Waals surface area (Å²) in [5.74, 6) is -2.74. The van der Waals surface area contributed by atoms with Crippen molar-refractivity contribution in [3.8, 4) is 0 Å². The summed E-state index contributed by atoms with van der Waals surface area (Å²) in [4.78, 5) is 49.2. The molecular formula is C19H19ClN2O5. The summed E-state index contributed by atoms with van der Waals surface area (Å²) in [5.41, 5.74) is 0.851. The van der Waals surface area contributed by atoms with E-state index in [-0.39, 0.29) is 18.4 Å². The molecule has 3 rings (SSSR count). The minimum absolute atomic E-state index is 0.271. The van der Waals surface area contributed by atoms with Crippen molar-refractivity contribution < 1.29 is 23.9 Å². The number of imide groups is 1. The lowest BCUT2D eigenvalue weighted by atomic mass is 9.85. The maximum atomic E-state index is 12.3. The van der Waals surface area contributed by atoms with Crippen molar-refractivity contribution >= 4 is 35.3 Å². The summed E-state index contributed by atoms with van der Waals surface area (Å²) >= 11 is 5.79. The molecule has 7 nitrogen and oxygen atoms in total. The van der Waals surface area contributed by atoms with Gasteiger partial charge < -0.3 is 10.1 Å². The number of nitrogens with zero attached hydrogens (tertiary/aromatic N) is 1. The topological polar surface area (TPSA) is 92.8 Å². The number of amides is 3. The molecule has 0 radical (unpaired) electrons. The van der Waals surface area contributed by atoms with Crippen molar-refractivity contribution in [3.63, 3.8) is 0 Å². The molecule has 1 N–H and O–H groups in total. The van der Waals surface area contributed by atoms with E-state index >= 15 is 0 Å². The number of halogens is 1. The summed E-state index contributed by atoms with van der Waals surface area (Å²) < 4.78 is 4.89. The highest BCUT2D eigenvalue weighted by atomic mass is 35.5. The van der Waals surface area contributed by atoms with Crippen LogP contribution in [0.1, 0.15) is 18.4 Å². The van der Waals surface area contributed by atoms with Gasteiger partial charge in [0.1, 0.15) is 6.54 Å². The van der Waals surface area contributed by atoms with Crippen molar-refractivity contribution in [2.45, 2.75) is 19.4 Å². The fourth-order valence-corrected chi connectivity index (χ4v) is 3.33. The zero-order valence-electron chi connectivity index (χ0n) is 14.5. The molecule has 1 fully saturated rings. The first kappa shape index (κ1) is 19.1. The third-order valence-corrected chi connectivity index (χ3v) is 4.91. The van der Waals surface area contributed by atoms with E-state index in [1.54, 1.807) is 24.3 Å². The number of nitrogens with one attached hydrogen (secondary N) is 1. The van der Waals surface area contributed by atoms with Gasteiger partial charge in [-0.25, -0.2) is 0 Å². The lowest BCUT2D eigenvalue weighted by molar-refractivity contribution is -0.154. The molecular weight excluding hydrogens is 372 g/mol. The van der Waals surface area contributed by atoms with Crippen LogP contribution in [0.2, 0.25) is 5.02 Å². The van der Waals surface area contributed by atoms with Gasteiger partial charge in [0.15, 0.2) is 6.61 Å². The average molecular weight is 391 g/mol. The van der Waals surface area contributed by atoms with Crippen molar-refractivity contribution in [1.82, 2.24) is 10.2 Å². The molecule has 2 aliphatic rings. The van der Waals surface area contributed by atoms with Crippen molar-refractivity contribution in [1.29, 1.82) is 0 Å². The van der Waals surface area contributed by atoms with Crippen LogP contribution in [0, 0.1) is 11.8 Å². The molecule has 2 atom stereocenters. The number of carbonyl (C=O) groups excluding carboxylic acids is 4. The smallest absolute Gasteiger partial charge is 0.326 e. The number of likely N-dealkylation sites (tertiary alicyclic amines) is 1. The SMILES string of the molecule is O=C(COC(=O)CN1C(=O)[C@H]2CC=CC[C@H]2C1=O)NCc1ccc(Cl)cc1. The van der Waals surface area contributed by atoms with Crippen LogP contribution >= 0.6 is 11.6 Å². The van der Waals surface area contributed by atoms with Gasteiger partial charge in [-0.15, -0.1) is 0 Å². The van der Waals surface area contributed by atoms with Crippen LogP contribution in [0.4, 0.5) is 0 Å². The first-order chi connectivity index (χ1) is 13.0. The molecule has 1 aromatic carbocycles. The van der Waals surface area contributed by atoms with Crippen LogP contribution in [0.25, 0.3) is 0 Å². The number of hydrogen-bond acceptors (Lipinski definition) is 5. The van der Waals surface area contributed by atoms with E-state index in [0.29, 0.717) is 17.9 Å². The molecule has 1 heterocycles. The van der Waals surface area contributed by atoms with Gasteiger partial charge in [-0.1, -0.05) is 35.9 Å². The number of benzene rings is 1. The van der Waals surface area contributed by atoms with E-state index in [1.807, 2.05) is 12.2 Å². The van der Waals surface area contributed by atoms with Gasteiger partial charge in [-0.2, -0.15) is 0 Å². The Morgan fingerprint density at radius 3 is 2.26 bits per heavy atom. The van der Waals surface area contributed by atoms with Crippen molar-refractivity contribution in [2.75, 3.05) is 13.2 Å². The highest BCUT2D eigenvalue weighted by Gasteiger charge is 2.47. The van der Waals surface area contributed by atoms with E-state index in [1.165, 1.54) is 0 Å². The Morgan fingerprint density at radius 2 is 1.67 bits per heavy atom. The maximum absolute atomic E-state index is 12.3. The van der Waals surface area contributed by atoms with Gasteiger partial charge in [0, 0.05) is 11.6 Å². The Kier molecular flexibility index (Phi) is 5.91. The average Bonchev–Trinajstić information content (AvgIpc) is 2.91. The molecule has 0 bridgehead atoms. The van der Waals surface area contributed by atoms with Crippen LogP contribution in [-0.4, -0.2) is 41.7 Å². The minimum atomic E-state index is -0.787. The zero-order chi connectivity index (χ0) is 19.4. The predicted molar refractivity (Wildman–Crippen MR) is 96.3 cm³/mol. The van der Waals surface area contributed by atoms with E-state index in [9.17, 15) is 19.2 Å². The number of rotatable bonds is 6. The van der Waals surface area contributed by atoms with Crippen LogP contribution in [0.3, 0.4) is 0 Å². The molecule has 142 valence electrons. The minimum Gasteiger partial charge on any atom is -0.454 e. The monoisotopic (exact) mass is 390 g/mol. The highest BCUT2D eigenvalue weighted by Crippen LogP contribution is 2.34. The molecule has 1 aliphatic heterocycles. The Balaban J connectivity index is 1.43. The molecule has 1 saturated heterocycles. The molecule has 0 saturated carbocycles. The molecule has 8 heteroatoms. The summed E-state index contributed by atoms with van der Waals surface area (Å²) in [7, 11) is 0. The van der Waals surface area contributed by atoms with Crippen LogP contribution in [-0.2, 0) is 30.5 Å². The standard InChI is InChI=1S/C19H19ClN2O5/c20-13-7-5-12(6-8-13)9-21-16(23)11-27-17(24)10-22-18(25)14-3-1-2-4-15(14)19(22)26/h1-2,5-8,14-15H,3-4,9-11H2,(H,21,23)/t14-,15+. The number of allylic oxidation sites excluding steroid dienone is 2. The molecule has 1 aromatic rings. The first-order valence-corrected chi connectivity index (χ1v) is 9.00. The summed E-state index contributed by atoms with van der Waals surface area (Å²) in [6.45, 7) is -0.667. The van der Waals surface area contributed by atoms with Gasteiger partial charge in [0.05, 0.1) is 11.8 Å². The molecule has 1 aliphatic carbocycles. The summed E-state index contributed by atoms with van der Waals surface area (Å²) in [5, 5.41) is 3.21.